The van der Waals surface area contributed by atoms with Gasteiger partial charge >= 0.3 is 5.97 Å². The summed E-state index contributed by atoms with van der Waals surface area (Å²) in [5.74, 6) is 1.29. The van der Waals surface area contributed by atoms with Gasteiger partial charge in [-0.25, -0.2) is 4.79 Å². The molecule has 2 bridgehead atoms. The molecule has 0 spiro atoms. The number of carboxylic acid groups (broad SMARTS) is 1. The predicted molar refractivity (Wildman–Crippen MR) is 140 cm³/mol. The summed E-state index contributed by atoms with van der Waals surface area (Å²) in [7, 11) is 0. The average Bonchev–Trinajstić information content (AvgIpc) is 2.87. The van der Waals surface area contributed by atoms with Crippen LogP contribution in [-0.4, -0.2) is 66.3 Å². The largest absolute Gasteiger partial charge is 0.493 e. The summed E-state index contributed by atoms with van der Waals surface area (Å²) < 4.78 is 7.17. The number of likely N-dealkylation sites (tertiary alicyclic amines) is 1. The van der Waals surface area contributed by atoms with Crippen molar-refractivity contribution in [2.45, 2.75) is 52.0 Å². The van der Waals surface area contributed by atoms with Gasteiger partial charge in [-0.2, -0.15) is 0 Å². The highest BCUT2D eigenvalue weighted by atomic mass is 16.5. The highest BCUT2D eigenvalue weighted by Crippen LogP contribution is 2.40. The lowest BCUT2D eigenvalue weighted by Crippen LogP contribution is -2.63. The fourth-order valence-electron chi connectivity index (χ4n) is 6.09. The lowest BCUT2D eigenvalue weighted by Gasteiger charge is -2.53. The molecule has 1 N–H and O–H groups in total. The first-order valence-corrected chi connectivity index (χ1v) is 13.3. The summed E-state index contributed by atoms with van der Waals surface area (Å²) in [6, 6.07) is 19.6. The van der Waals surface area contributed by atoms with Crippen LogP contribution >= 0.6 is 0 Å². The van der Waals surface area contributed by atoms with Gasteiger partial charge in [-0.1, -0.05) is 62.4 Å². The smallest absolute Gasteiger partial charge is 0.328 e. The quantitative estimate of drug-likeness (QED) is 0.406. The number of rotatable bonds is 8. The number of quaternary nitrogens is 1. The molecule has 0 aliphatic carbocycles. The molecule has 0 radical (unpaired) electrons. The van der Waals surface area contributed by atoms with Crippen LogP contribution in [0.2, 0.25) is 0 Å². The Kier molecular flexibility index (Phi) is 7.87. The van der Waals surface area contributed by atoms with E-state index in [4.69, 9.17) is 4.74 Å². The van der Waals surface area contributed by atoms with E-state index in [0.717, 1.165) is 36.9 Å². The first kappa shape index (κ1) is 25.7. The lowest BCUT2D eigenvalue weighted by molar-refractivity contribution is -0.942. The molecule has 2 aromatic rings. The van der Waals surface area contributed by atoms with Crippen LogP contribution in [0.25, 0.3) is 0 Å². The van der Waals surface area contributed by atoms with Crippen LogP contribution in [0.4, 0.5) is 0 Å². The number of piperidine rings is 3. The monoisotopic (exact) mass is 479 g/mol. The molecular weight excluding hydrogens is 436 g/mol. The van der Waals surface area contributed by atoms with Gasteiger partial charge in [-0.15, -0.1) is 0 Å². The lowest BCUT2D eigenvalue weighted by atomic mass is 9.77. The number of fused-ring (bicyclic) bond motifs is 3. The second-order valence-electron chi connectivity index (χ2n) is 11.7. The van der Waals surface area contributed by atoms with E-state index in [0.29, 0.717) is 0 Å². The zero-order chi connectivity index (χ0) is 24.9. The molecule has 4 saturated heterocycles. The molecule has 1 atom stereocenters. The molecular formula is C30H43N2O3+. The van der Waals surface area contributed by atoms with Crippen molar-refractivity contribution in [2.75, 3.05) is 45.9 Å². The van der Waals surface area contributed by atoms with Gasteiger partial charge < -0.3 is 14.3 Å². The van der Waals surface area contributed by atoms with Gasteiger partial charge in [0.25, 0.3) is 0 Å². The number of para-hydroxylation sites is 1. The maximum atomic E-state index is 11.6. The Morgan fingerprint density at radius 1 is 1.00 bits per heavy atom. The Labute approximate surface area is 211 Å². The van der Waals surface area contributed by atoms with Crippen molar-refractivity contribution in [1.29, 1.82) is 0 Å². The molecule has 35 heavy (non-hydrogen) atoms. The van der Waals surface area contributed by atoms with Gasteiger partial charge in [0.1, 0.15) is 11.3 Å². The van der Waals surface area contributed by atoms with Crippen LogP contribution in [0.5, 0.6) is 5.75 Å². The molecule has 5 nitrogen and oxygen atoms in total. The number of hydrogen-bond donors (Lipinski definition) is 1. The highest BCUT2D eigenvalue weighted by molar-refractivity contribution is 5.80. The first-order valence-electron chi connectivity index (χ1n) is 13.3. The minimum absolute atomic E-state index is 0.228. The zero-order valence-corrected chi connectivity index (χ0v) is 21.8. The standard InChI is InChI=1S/C16H24NO.C14H19NO2/c1-2-5-16(6-3-1)18-14-4-10-17-11-7-15(8-12-17)9-13-17;1-13(2)9-15(10-13)14(3,12(16)17)11-7-5-4-6-8-11/h1-3,5-6,15H,4,7-14H2;4-8H,9-10H2,1-3H3,(H,16,17)/q+1;. The fourth-order valence-corrected chi connectivity index (χ4v) is 6.09. The average molecular weight is 480 g/mol. The predicted octanol–water partition coefficient (Wildman–Crippen LogP) is 5.41. The molecule has 4 heterocycles. The van der Waals surface area contributed by atoms with Crippen molar-refractivity contribution in [3.8, 4) is 5.75 Å². The van der Waals surface area contributed by atoms with Gasteiger partial charge in [-0.3, -0.25) is 4.90 Å². The summed E-state index contributed by atoms with van der Waals surface area (Å²) in [6.07, 6.45) is 5.61. The summed E-state index contributed by atoms with van der Waals surface area (Å²) in [4.78, 5) is 13.7. The van der Waals surface area contributed by atoms with Crippen molar-refractivity contribution in [2.24, 2.45) is 11.3 Å². The van der Waals surface area contributed by atoms with Gasteiger partial charge in [0.2, 0.25) is 0 Å². The van der Waals surface area contributed by atoms with E-state index < -0.39 is 11.5 Å². The molecule has 2 aromatic carbocycles. The number of nitrogens with zero attached hydrogens (tertiary/aromatic N) is 2. The summed E-state index contributed by atoms with van der Waals surface area (Å²) in [6.45, 7) is 14.2. The van der Waals surface area contributed by atoms with Crippen LogP contribution in [-0.2, 0) is 10.3 Å². The minimum atomic E-state index is -0.906. The van der Waals surface area contributed by atoms with E-state index >= 15 is 0 Å². The second-order valence-corrected chi connectivity index (χ2v) is 11.7. The number of carbonyl (C=O) groups is 1. The van der Waals surface area contributed by atoms with Crippen LogP contribution < -0.4 is 4.74 Å². The van der Waals surface area contributed by atoms with Gasteiger partial charge in [0, 0.05) is 19.5 Å². The molecule has 0 saturated carbocycles. The van der Waals surface area contributed by atoms with E-state index in [9.17, 15) is 9.90 Å². The Hall–Kier alpha value is -2.37. The number of aliphatic carboxylic acids is 1. The van der Waals surface area contributed by atoms with Gasteiger partial charge in [0.05, 0.1) is 32.8 Å². The van der Waals surface area contributed by atoms with Crippen LogP contribution in [0.15, 0.2) is 60.7 Å². The molecule has 1 unspecified atom stereocenters. The van der Waals surface area contributed by atoms with E-state index in [-0.39, 0.29) is 5.41 Å². The Balaban J connectivity index is 0.000000165. The molecule has 6 rings (SSSR count). The van der Waals surface area contributed by atoms with Crippen molar-refractivity contribution >= 4 is 5.97 Å². The van der Waals surface area contributed by atoms with Crippen LogP contribution in [0, 0.1) is 11.3 Å². The van der Waals surface area contributed by atoms with Gasteiger partial charge in [-0.05, 0) is 55.2 Å². The fraction of sp³-hybridized carbons (Fsp3) is 0.567. The van der Waals surface area contributed by atoms with E-state index in [1.165, 1.54) is 56.3 Å². The Morgan fingerprint density at radius 2 is 1.54 bits per heavy atom. The molecule has 4 fully saturated rings. The third kappa shape index (κ3) is 6.07. The van der Waals surface area contributed by atoms with Gasteiger partial charge in [0.15, 0.2) is 0 Å². The molecule has 0 amide bonds. The number of benzene rings is 2. The summed E-state index contributed by atoms with van der Waals surface area (Å²) in [5, 5.41) is 9.55. The molecule has 4 aliphatic heterocycles. The van der Waals surface area contributed by atoms with Crippen molar-refractivity contribution in [1.82, 2.24) is 4.90 Å². The topological polar surface area (TPSA) is 49.8 Å². The Morgan fingerprint density at radius 3 is 2.06 bits per heavy atom. The maximum absolute atomic E-state index is 11.6. The van der Waals surface area contributed by atoms with Crippen molar-refractivity contribution < 1.29 is 19.1 Å². The molecule has 190 valence electrons. The SMILES string of the molecule is CC1(C)CN(C(C)(C(=O)O)c2ccccc2)C1.c1ccc(OCCC[N+]23CCC(CC2)CC3)cc1. The van der Waals surface area contributed by atoms with Crippen molar-refractivity contribution in [3.05, 3.63) is 66.2 Å². The molecule has 4 aliphatic rings. The van der Waals surface area contributed by atoms with Crippen LogP contribution in [0.3, 0.4) is 0 Å². The Bertz CT molecular complexity index is 932. The van der Waals surface area contributed by atoms with E-state index in [2.05, 4.69) is 13.8 Å². The number of hydrogen-bond acceptors (Lipinski definition) is 3. The van der Waals surface area contributed by atoms with E-state index in [1.807, 2.05) is 65.6 Å². The molecule has 0 aromatic heterocycles. The highest BCUT2D eigenvalue weighted by Gasteiger charge is 2.49. The summed E-state index contributed by atoms with van der Waals surface area (Å²) in [5.41, 5.74) is 0.172. The maximum Gasteiger partial charge on any atom is 0.328 e. The zero-order valence-electron chi connectivity index (χ0n) is 21.8. The second kappa shape index (κ2) is 10.7. The minimum Gasteiger partial charge on any atom is -0.493 e. The number of ether oxygens (including phenoxy) is 1. The normalized spacial score (nSPS) is 26.5. The molecule has 5 heteroatoms. The number of carboxylic acids is 1. The third-order valence-electron chi connectivity index (χ3n) is 8.45. The third-order valence-corrected chi connectivity index (χ3v) is 8.45. The van der Waals surface area contributed by atoms with E-state index in [1.54, 1.807) is 6.92 Å². The first-order chi connectivity index (χ1) is 16.7. The van der Waals surface area contributed by atoms with Crippen molar-refractivity contribution in [3.63, 3.8) is 0 Å². The van der Waals surface area contributed by atoms with Crippen LogP contribution in [0.1, 0.15) is 52.0 Å². The summed E-state index contributed by atoms with van der Waals surface area (Å²) >= 11 is 0.